The first-order valence-corrected chi connectivity index (χ1v) is 8.55. The molecule has 0 saturated carbocycles. The van der Waals surface area contributed by atoms with E-state index in [1.807, 2.05) is 13.0 Å². The van der Waals surface area contributed by atoms with Gasteiger partial charge in [-0.05, 0) is 43.2 Å². The number of benzene rings is 2. The first-order valence-electron chi connectivity index (χ1n) is 8.55. The van der Waals surface area contributed by atoms with Gasteiger partial charge in [0.1, 0.15) is 11.2 Å². The fraction of sp³-hybridized carbons (Fsp3) is 0.150. The summed E-state index contributed by atoms with van der Waals surface area (Å²) in [6, 6.07) is 12.1. The smallest absolute Gasteiger partial charge is 0.302 e. The highest BCUT2D eigenvalue weighted by Crippen LogP contribution is 2.31. The third kappa shape index (κ3) is 2.58. The van der Waals surface area contributed by atoms with Crippen molar-refractivity contribution in [3.8, 4) is 0 Å². The Morgan fingerprint density at radius 3 is 2.54 bits per heavy atom. The largest absolute Gasteiger partial charge is 0.439 e. The standard InChI is InChI=1S/C20H16N4O4/c1-10-7-8-11(2)13(9-10)24-19(26)16(23-21)15(17(25)20(24)27)18-22-12-5-3-4-6-14(12)28-18/h3-9,15H,21H2,1-2H3. The van der Waals surface area contributed by atoms with E-state index in [2.05, 4.69) is 10.1 Å². The van der Waals surface area contributed by atoms with Gasteiger partial charge in [-0.25, -0.2) is 9.88 Å². The number of fused-ring (bicyclic) bond motifs is 1. The van der Waals surface area contributed by atoms with Crippen LogP contribution in [0.5, 0.6) is 0 Å². The van der Waals surface area contributed by atoms with Gasteiger partial charge in [0.05, 0.1) is 5.69 Å². The van der Waals surface area contributed by atoms with Gasteiger partial charge in [-0.15, -0.1) is 0 Å². The van der Waals surface area contributed by atoms with Crippen molar-refractivity contribution in [3.05, 3.63) is 59.5 Å². The molecular weight excluding hydrogens is 360 g/mol. The van der Waals surface area contributed by atoms with Crippen LogP contribution in [-0.2, 0) is 14.4 Å². The number of imide groups is 1. The van der Waals surface area contributed by atoms with Crippen LogP contribution in [0.2, 0.25) is 0 Å². The van der Waals surface area contributed by atoms with E-state index in [-0.39, 0.29) is 11.6 Å². The zero-order valence-electron chi connectivity index (χ0n) is 15.2. The molecule has 0 bridgehead atoms. The Bertz CT molecular complexity index is 1140. The van der Waals surface area contributed by atoms with Crippen molar-refractivity contribution < 1.29 is 18.8 Å². The molecule has 2 aromatic carbocycles. The van der Waals surface area contributed by atoms with Crippen molar-refractivity contribution in [1.29, 1.82) is 0 Å². The summed E-state index contributed by atoms with van der Waals surface area (Å²) in [6.45, 7) is 3.56. The van der Waals surface area contributed by atoms with E-state index in [1.165, 1.54) is 0 Å². The van der Waals surface area contributed by atoms with E-state index in [0.717, 1.165) is 10.5 Å². The second-order valence-corrected chi connectivity index (χ2v) is 6.57. The number of ketones is 1. The van der Waals surface area contributed by atoms with Gasteiger partial charge in [0.2, 0.25) is 11.7 Å². The molecular formula is C20H16N4O4. The molecule has 8 heteroatoms. The molecule has 8 nitrogen and oxygen atoms in total. The highest BCUT2D eigenvalue weighted by atomic mass is 16.3. The van der Waals surface area contributed by atoms with Crippen LogP contribution in [0, 0.1) is 13.8 Å². The molecule has 3 aromatic rings. The number of carbonyl (C=O) groups is 3. The van der Waals surface area contributed by atoms with Crippen molar-refractivity contribution >= 4 is 40.1 Å². The van der Waals surface area contributed by atoms with Crippen LogP contribution in [-0.4, -0.2) is 28.3 Å². The summed E-state index contributed by atoms with van der Waals surface area (Å²) in [5.41, 5.74) is 2.45. The predicted molar refractivity (Wildman–Crippen MR) is 102 cm³/mol. The zero-order valence-corrected chi connectivity index (χ0v) is 15.2. The molecule has 0 spiro atoms. The average molecular weight is 376 g/mol. The first-order chi connectivity index (χ1) is 13.4. The summed E-state index contributed by atoms with van der Waals surface area (Å²) in [5.74, 6) is 1.35. The summed E-state index contributed by atoms with van der Waals surface area (Å²) in [4.78, 5) is 43.9. The van der Waals surface area contributed by atoms with Crippen molar-refractivity contribution in [1.82, 2.24) is 4.98 Å². The summed E-state index contributed by atoms with van der Waals surface area (Å²) in [6.07, 6.45) is 0. The summed E-state index contributed by atoms with van der Waals surface area (Å²) in [5, 5.41) is 3.52. The maximum atomic E-state index is 13.0. The lowest BCUT2D eigenvalue weighted by molar-refractivity contribution is -0.139. The SMILES string of the molecule is Cc1ccc(C)c(N2C(=O)C(=O)C(c3nc4ccccc4o3)C(=NN)C2=O)c1. The maximum absolute atomic E-state index is 13.0. The number of hydrogen-bond donors (Lipinski definition) is 1. The van der Waals surface area contributed by atoms with Crippen molar-refractivity contribution in [2.24, 2.45) is 10.9 Å². The minimum absolute atomic E-state index is 0.0854. The first kappa shape index (κ1) is 17.6. The quantitative estimate of drug-likeness (QED) is 0.316. The number of Topliss-reactive ketones (excluding diaryl/α,β-unsaturated/α-hetero) is 1. The number of aryl methyl sites for hydroxylation is 2. The van der Waals surface area contributed by atoms with Crippen LogP contribution in [0.15, 0.2) is 52.0 Å². The Balaban J connectivity index is 1.83. The Morgan fingerprint density at radius 2 is 1.82 bits per heavy atom. The average Bonchev–Trinajstić information content (AvgIpc) is 3.10. The van der Waals surface area contributed by atoms with Crippen LogP contribution in [0.4, 0.5) is 5.69 Å². The molecule has 1 aromatic heterocycles. The van der Waals surface area contributed by atoms with E-state index < -0.39 is 23.5 Å². The number of anilines is 1. The van der Waals surface area contributed by atoms with E-state index in [1.54, 1.807) is 43.3 Å². The van der Waals surface area contributed by atoms with Crippen molar-refractivity contribution in [3.63, 3.8) is 0 Å². The van der Waals surface area contributed by atoms with Crippen molar-refractivity contribution in [2.75, 3.05) is 4.90 Å². The van der Waals surface area contributed by atoms with Crippen molar-refractivity contribution in [2.45, 2.75) is 19.8 Å². The van der Waals surface area contributed by atoms with Gasteiger partial charge in [-0.3, -0.25) is 14.4 Å². The molecule has 1 fully saturated rings. The monoisotopic (exact) mass is 376 g/mol. The fourth-order valence-electron chi connectivity index (χ4n) is 3.24. The van der Waals surface area contributed by atoms with Gasteiger partial charge in [0.15, 0.2) is 11.5 Å². The van der Waals surface area contributed by atoms with Gasteiger partial charge < -0.3 is 10.3 Å². The molecule has 0 radical (unpaired) electrons. The molecule has 140 valence electrons. The molecule has 2 heterocycles. The second-order valence-electron chi connectivity index (χ2n) is 6.57. The number of nitrogens with two attached hydrogens (primary N) is 1. The van der Waals surface area contributed by atoms with Gasteiger partial charge in [0.25, 0.3) is 5.91 Å². The molecule has 2 amide bonds. The third-order valence-electron chi connectivity index (χ3n) is 4.67. The summed E-state index contributed by atoms with van der Waals surface area (Å²) in [7, 11) is 0. The second kappa shape index (κ2) is 6.41. The number of nitrogens with zero attached hydrogens (tertiary/aromatic N) is 3. The molecule has 28 heavy (non-hydrogen) atoms. The van der Waals surface area contributed by atoms with Gasteiger partial charge in [0, 0.05) is 0 Å². The lowest BCUT2D eigenvalue weighted by Crippen LogP contribution is -2.55. The number of hydrazone groups is 1. The Labute approximate surface area is 159 Å². The Kier molecular flexibility index (Phi) is 4.03. The zero-order chi connectivity index (χ0) is 20.0. The minimum Gasteiger partial charge on any atom is -0.439 e. The molecule has 0 aliphatic carbocycles. The van der Waals surface area contributed by atoms with E-state index in [4.69, 9.17) is 10.3 Å². The minimum atomic E-state index is -1.38. The third-order valence-corrected chi connectivity index (χ3v) is 4.67. The van der Waals surface area contributed by atoms with Gasteiger partial charge in [-0.1, -0.05) is 24.3 Å². The number of aromatic nitrogens is 1. The topological polar surface area (TPSA) is 119 Å². The molecule has 1 aliphatic heterocycles. The van der Waals surface area contributed by atoms with E-state index in [0.29, 0.717) is 22.4 Å². The highest BCUT2D eigenvalue weighted by molar-refractivity contribution is 6.67. The van der Waals surface area contributed by atoms with Crippen LogP contribution < -0.4 is 10.7 Å². The molecule has 4 rings (SSSR count). The van der Waals surface area contributed by atoms with Crippen LogP contribution >= 0.6 is 0 Å². The Morgan fingerprint density at radius 1 is 1.07 bits per heavy atom. The van der Waals surface area contributed by atoms with Crippen LogP contribution in [0.1, 0.15) is 22.9 Å². The molecule has 1 atom stereocenters. The van der Waals surface area contributed by atoms with Gasteiger partial charge >= 0.3 is 5.91 Å². The van der Waals surface area contributed by atoms with E-state index >= 15 is 0 Å². The number of amides is 2. The number of para-hydroxylation sites is 2. The maximum Gasteiger partial charge on any atom is 0.302 e. The fourth-order valence-corrected chi connectivity index (χ4v) is 3.24. The summed E-state index contributed by atoms with van der Waals surface area (Å²) >= 11 is 0. The lowest BCUT2D eigenvalue weighted by Gasteiger charge is -2.29. The molecule has 1 unspecified atom stereocenters. The van der Waals surface area contributed by atoms with E-state index in [9.17, 15) is 14.4 Å². The number of piperidine rings is 1. The summed E-state index contributed by atoms with van der Waals surface area (Å²) < 4.78 is 5.60. The number of oxazole rings is 1. The molecule has 1 aliphatic rings. The molecule has 1 saturated heterocycles. The normalized spacial score (nSPS) is 19.1. The number of carbonyl (C=O) groups excluding carboxylic acids is 3. The van der Waals surface area contributed by atoms with Crippen LogP contribution in [0.25, 0.3) is 11.1 Å². The molecule has 2 N–H and O–H groups in total. The predicted octanol–water partition coefficient (Wildman–Crippen LogP) is 1.99. The lowest BCUT2D eigenvalue weighted by atomic mass is 9.91. The van der Waals surface area contributed by atoms with Gasteiger partial charge in [-0.2, -0.15) is 5.10 Å². The van der Waals surface area contributed by atoms with Crippen LogP contribution in [0.3, 0.4) is 0 Å². The number of hydrogen-bond acceptors (Lipinski definition) is 7. The highest BCUT2D eigenvalue weighted by Gasteiger charge is 2.49. The Hall–Kier alpha value is -3.81. The number of rotatable bonds is 2.